The van der Waals surface area contributed by atoms with E-state index in [-0.39, 0.29) is 18.0 Å². The molecule has 8 heteroatoms. The van der Waals surface area contributed by atoms with E-state index in [4.69, 9.17) is 10.5 Å². The lowest BCUT2D eigenvalue weighted by atomic mass is 9.98. The Morgan fingerprint density at radius 1 is 1.60 bits per heavy atom. The highest BCUT2D eigenvalue weighted by atomic mass is 79.9. The first-order valence-corrected chi connectivity index (χ1v) is 6.65. The summed E-state index contributed by atoms with van der Waals surface area (Å²) < 4.78 is 5.98. The summed E-state index contributed by atoms with van der Waals surface area (Å²) in [6, 6.07) is 4.51. The highest BCUT2D eigenvalue weighted by Crippen LogP contribution is 2.30. The van der Waals surface area contributed by atoms with Gasteiger partial charge in [0.1, 0.15) is 0 Å². The SMILES string of the molecule is CNC(C)(CCOc1ccc(Br)cc1[N+](=O)[O-])C(N)=O. The summed E-state index contributed by atoms with van der Waals surface area (Å²) >= 11 is 3.16. The number of nitrogens with one attached hydrogen (secondary N) is 1. The normalized spacial score (nSPS) is 13.6. The minimum atomic E-state index is -0.913. The maximum atomic E-state index is 11.3. The first-order chi connectivity index (χ1) is 9.30. The average molecular weight is 346 g/mol. The number of carbonyl (C=O) groups is 1. The molecule has 1 amide bonds. The van der Waals surface area contributed by atoms with E-state index in [0.717, 1.165) is 0 Å². The monoisotopic (exact) mass is 345 g/mol. The first-order valence-electron chi connectivity index (χ1n) is 5.85. The van der Waals surface area contributed by atoms with Gasteiger partial charge in [-0.3, -0.25) is 14.9 Å². The van der Waals surface area contributed by atoms with Crippen molar-refractivity contribution in [3.63, 3.8) is 0 Å². The minimum absolute atomic E-state index is 0.128. The minimum Gasteiger partial charge on any atom is -0.487 e. The van der Waals surface area contributed by atoms with E-state index >= 15 is 0 Å². The second-order valence-electron chi connectivity index (χ2n) is 4.41. The van der Waals surface area contributed by atoms with Gasteiger partial charge in [0.15, 0.2) is 5.75 Å². The summed E-state index contributed by atoms with van der Waals surface area (Å²) in [6.45, 7) is 1.78. The number of amides is 1. The van der Waals surface area contributed by atoms with Gasteiger partial charge in [0.25, 0.3) is 0 Å². The van der Waals surface area contributed by atoms with Gasteiger partial charge in [0, 0.05) is 17.0 Å². The predicted octanol–water partition coefficient (Wildman–Crippen LogP) is 1.59. The van der Waals surface area contributed by atoms with E-state index < -0.39 is 16.4 Å². The van der Waals surface area contributed by atoms with Gasteiger partial charge in [-0.05, 0) is 26.1 Å². The molecule has 1 atom stereocenters. The van der Waals surface area contributed by atoms with Crippen molar-refractivity contribution in [2.24, 2.45) is 5.73 Å². The number of nitrogens with zero attached hydrogens (tertiary/aromatic N) is 1. The fourth-order valence-electron chi connectivity index (χ4n) is 1.49. The molecule has 110 valence electrons. The smallest absolute Gasteiger partial charge is 0.312 e. The zero-order chi connectivity index (χ0) is 15.3. The third kappa shape index (κ3) is 3.91. The average Bonchev–Trinajstić information content (AvgIpc) is 2.39. The largest absolute Gasteiger partial charge is 0.487 e. The molecule has 0 spiro atoms. The number of carbonyl (C=O) groups excluding carboxylic acids is 1. The van der Waals surface area contributed by atoms with Crippen molar-refractivity contribution < 1.29 is 14.5 Å². The number of rotatable bonds is 7. The summed E-state index contributed by atoms with van der Waals surface area (Å²) in [5.74, 6) is -0.352. The van der Waals surface area contributed by atoms with Gasteiger partial charge >= 0.3 is 5.69 Å². The van der Waals surface area contributed by atoms with Crippen LogP contribution in [0.4, 0.5) is 5.69 Å². The quantitative estimate of drug-likeness (QED) is 0.576. The van der Waals surface area contributed by atoms with Gasteiger partial charge in [-0.1, -0.05) is 15.9 Å². The van der Waals surface area contributed by atoms with Crippen LogP contribution in [0.5, 0.6) is 5.75 Å². The second kappa shape index (κ2) is 6.67. The number of nitro benzene ring substituents is 1. The molecule has 1 unspecified atom stereocenters. The summed E-state index contributed by atoms with van der Waals surface area (Å²) in [7, 11) is 1.62. The lowest BCUT2D eigenvalue weighted by Gasteiger charge is -2.25. The number of hydrogen-bond donors (Lipinski definition) is 2. The van der Waals surface area contributed by atoms with E-state index in [2.05, 4.69) is 21.2 Å². The number of hydrogen-bond acceptors (Lipinski definition) is 5. The Morgan fingerprint density at radius 3 is 2.75 bits per heavy atom. The van der Waals surface area contributed by atoms with Crippen LogP contribution in [0.1, 0.15) is 13.3 Å². The number of primary amides is 1. The Bertz CT molecular complexity index is 523. The van der Waals surface area contributed by atoms with Crippen LogP contribution in [0.25, 0.3) is 0 Å². The zero-order valence-electron chi connectivity index (χ0n) is 11.2. The highest BCUT2D eigenvalue weighted by Gasteiger charge is 2.29. The van der Waals surface area contributed by atoms with Crippen LogP contribution in [-0.4, -0.2) is 30.0 Å². The predicted molar refractivity (Wildman–Crippen MR) is 77.6 cm³/mol. The standard InChI is InChI=1S/C12H16BrN3O4/c1-12(15-2,11(14)17)5-6-20-10-4-3-8(13)7-9(10)16(18)19/h3-4,7,15H,5-6H2,1-2H3,(H2,14,17). The lowest BCUT2D eigenvalue weighted by molar-refractivity contribution is -0.385. The topological polar surface area (TPSA) is 107 Å². The number of benzene rings is 1. The van der Waals surface area contributed by atoms with Crippen molar-refractivity contribution in [3.8, 4) is 5.75 Å². The van der Waals surface area contributed by atoms with E-state index in [9.17, 15) is 14.9 Å². The van der Waals surface area contributed by atoms with Crippen LogP contribution < -0.4 is 15.8 Å². The summed E-state index contributed by atoms with van der Waals surface area (Å²) in [4.78, 5) is 21.7. The summed E-state index contributed by atoms with van der Waals surface area (Å²) in [5, 5.41) is 13.7. The molecule has 0 heterocycles. The molecule has 0 aliphatic rings. The van der Waals surface area contributed by atoms with E-state index in [1.165, 1.54) is 12.1 Å². The molecule has 0 saturated heterocycles. The summed E-state index contributed by atoms with van der Waals surface area (Å²) in [5.41, 5.74) is 4.24. The molecule has 0 aliphatic carbocycles. The second-order valence-corrected chi connectivity index (χ2v) is 5.33. The zero-order valence-corrected chi connectivity index (χ0v) is 12.8. The van der Waals surface area contributed by atoms with Crippen LogP contribution >= 0.6 is 15.9 Å². The molecule has 3 N–H and O–H groups in total. The number of halogens is 1. The molecule has 1 aromatic carbocycles. The molecule has 0 aromatic heterocycles. The van der Waals surface area contributed by atoms with Crippen LogP contribution in [0, 0.1) is 10.1 Å². The van der Waals surface area contributed by atoms with Crippen molar-refractivity contribution in [3.05, 3.63) is 32.8 Å². The molecule has 0 saturated carbocycles. The fourth-order valence-corrected chi connectivity index (χ4v) is 1.84. The van der Waals surface area contributed by atoms with Crippen molar-refractivity contribution in [1.82, 2.24) is 5.32 Å². The van der Waals surface area contributed by atoms with Crippen LogP contribution in [0.15, 0.2) is 22.7 Å². The van der Waals surface area contributed by atoms with Crippen molar-refractivity contribution in [2.75, 3.05) is 13.7 Å². The number of nitrogens with two attached hydrogens (primary N) is 1. The van der Waals surface area contributed by atoms with Gasteiger partial charge in [-0.2, -0.15) is 0 Å². The van der Waals surface area contributed by atoms with E-state index in [0.29, 0.717) is 10.9 Å². The Morgan fingerprint density at radius 2 is 2.25 bits per heavy atom. The van der Waals surface area contributed by atoms with Crippen LogP contribution in [0.3, 0.4) is 0 Å². The van der Waals surface area contributed by atoms with Crippen LogP contribution in [0.2, 0.25) is 0 Å². The molecule has 0 radical (unpaired) electrons. The lowest BCUT2D eigenvalue weighted by Crippen LogP contribution is -2.52. The number of likely N-dealkylation sites (N-methyl/N-ethyl adjacent to an activating group) is 1. The maximum absolute atomic E-state index is 11.3. The molecule has 1 rings (SSSR count). The van der Waals surface area contributed by atoms with Crippen molar-refractivity contribution in [1.29, 1.82) is 0 Å². The Balaban J connectivity index is 2.76. The molecule has 20 heavy (non-hydrogen) atoms. The van der Waals surface area contributed by atoms with Crippen LogP contribution in [-0.2, 0) is 4.79 Å². The van der Waals surface area contributed by atoms with Gasteiger partial charge < -0.3 is 15.8 Å². The Kier molecular flexibility index (Phi) is 5.46. The molecule has 7 nitrogen and oxygen atoms in total. The molecule has 0 fully saturated rings. The highest BCUT2D eigenvalue weighted by molar-refractivity contribution is 9.10. The Hall–Kier alpha value is -1.67. The molecular formula is C12H16BrN3O4. The van der Waals surface area contributed by atoms with E-state index in [1.807, 2.05) is 0 Å². The number of ether oxygens (including phenoxy) is 1. The van der Waals surface area contributed by atoms with Gasteiger partial charge in [0.2, 0.25) is 5.91 Å². The summed E-state index contributed by atoms with van der Waals surface area (Å²) in [6.07, 6.45) is 0.298. The van der Waals surface area contributed by atoms with Crippen molar-refractivity contribution in [2.45, 2.75) is 18.9 Å². The number of nitro groups is 1. The van der Waals surface area contributed by atoms with Crippen molar-refractivity contribution >= 4 is 27.5 Å². The van der Waals surface area contributed by atoms with E-state index in [1.54, 1.807) is 20.0 Å². The van der Waals surface area contributed by atoms with Gasteiger partial charge in [0.05, 0.1) is 17.1 Å². The maximum Gasteiger partial charge on any atom is 0.312 e. The fraction of sp³-hybridized carbons (Fsp3) is 0.417. The Labute approximate surface area is 124 Å². The molecule has 0 bridgehead atoms. The van der Waals surface area contributed by atoms with Gasteiger partial charge in [-0.25, -0.2) is 0 Å². The third-order valence-electron chi connectivity index (χ3n) is 3.07. The molecular weight excluding hydrogens is 330 g/mol. The third-order valence-corrected chi connectivity index (χ3v) is 3.57. The molecule has 0 aliphatic heterocycles. The first kappa shape index (κ1) is 16.4. The molecule has 1 aromatic rings. The van der Waals surface area contributed by atoms with Gasteiger partial charge in [-0.15, -0.1) is 0 Å².